The van der Waals surface area contributed by atoms with Crippen LogP contribution in [0.3, 0.4) is 0 Å². The van der Waals surface area contributed by atoms with E-state index in [-0.39, 0.29) is 10.8 Å². The zero-order valence-corrected chi connectivity index (χ0v) is 19.7. The van der Waals surface area contributed by atoms with E-state index in [4.69, 9.17) is 0 Å². The van der Waals surface area contributed by atoms with Gasteiger partial charge in [0, 0.05) is 51.0 Å². The lowest BCUT2D eigenvalue weighted by atomic mass is 10.1. The van der Waals surface area contributed by atoms with Gasteiger partial charge in [0.05, 0.1) is 10.5 Å². The number of anilines is 1. The molecule has 0 saturated carbocycles. The van der Waals surface area contributed by atoms with Crippen molar-refractivity contribution in [2.45, 2.75) is 37.3 Å². The van der Waals surface area contributed by atoms with Gasteiger partial charge in [0.25, 0.3) is 5.91 Å². The number of nitrogens with zero attached hydrogens (tertiary/aromatic N) is 4. The number of aryl methyl sites for hydroxylation is 1. The third-order valence-corrected chi connectivity index (χ3v) is 8.37. The van der Waals surface area contributed by atoms with E-state index < -0.39 is 21.8 Å². The Hall–Kier alpha value is -2.66. The van der Waals surface area contributed by atoms with E-state index in [1.54, 1.807) is 24.0 Å². The van der Waals surface area contributed by atoms with Gasteiger partial charge in [0.1, 0.15) is 5.82 Å². The minimum atomic E-state index is -4.44. The Bertz CT molecular complexity index is 1140. The Morgan fingerprint density at radius 1 is 0.941 bits per heavy atom. The maximum absolute atomic E-state index is 13.2. The van der Waals surface area contributed by atoms with Gasteiger partial charge in [0.15, 0.2) is 0 Å². The molecule has 3 heterocycles. The van der Waals surface area contributed by atoms with Gasteiger partial charge in [-0.05, 0) is 49.6 Å². The van der Waals surface area contributed by atoms with Crippen LogP contribution in [-0.2, 0) is 16.2 Å². The van der Waals surface area contributed by atoms with Crippen molar-refractivity contribution >= 4 is 21.7 Å². The van der Waals surface area contributed by atoms with Crippen molar-refractivity contribution in [2.75, 3.05) is 44.2 Å². The zero-order valence-electron chi connectivity index (χ0n) is 18.9. The van der Waals surface area contributed by atoms with Crippen molar-refractivity contribution in [3.05, 3.63) is 53.2 Å². The van der Waals surface area contributed by atoms with Crippen LogP contribution in [0.5, 0.6) is 0 Å². The van der Waals surface area contributed by atoms with Gasteiger partial charge in [-0.2, -0.15) is 17.5 Å². The first-order valence-electron chi connectivity index (χ1n) is 11.3. The van der Waals surface area contributed by atoms with Crippen molar-refractivity contribution < 1.29 is 26.4 Å². The number of hydrogen-bond donors (Lipinski definition) is 0. The summed E-state index contributed by atoms with van der Waals surface area (Å²) in [5.41, 5.74) is 0.0994. The van der Waals surface area contributed by atoms with Crippen LogP contribution in [-0.4, -0.2) is 67.8 Å². The quantitative estimate of drug-likeness (QED) is 0.648. The molecule has 0 spiro atoms. The number of piperidine rings is 1. The maximum Gasteiger partial charge on any atom is 0.417 e. The maximum atomic E-state index is 13.2. The summed E-state index contributed by atoms with van der Waals surface area (Å²) >= 11 is 0. The molecule has 184 valence electrons. The molecule has 2 aliphatic heterocycles. The fraction of sp³-hybridized carbons (Fsp3) is 0.478. The Morgan fingerprint density at radius 2 is 1.62 bits per heavy atom. The molecule has 1 aromatic carbocycles. The number of aromatic nitrogens is 1. The molecule has 0 N–H and O–H groups in total. The average molecular weight is 497 g/mol. The standard InChI is InChI=1S/C23H27F3N4O3S/c1-17-5-6-18(15-20(17)34(32,33)30-9-3-2-4-10-30)22(31)29-13-11-28(12-14-29)21-8-7-19(16-27-21)23(24,25)26/h5-8,15-16H,2-4,9-14H2,1H3. The van der Waals surface area contributed by atoms with Crippen LogP contribution < -0.4 is 4.90 Å². The van der Waals surface area contributed by atoms with Crippen molar-refractivity contribution in [2.24, 2.45) is 0 Å². The average Bonchev–Trinajstić information content (AvgIpc) is 2.84. The van der Waals surface area contributed by atoms with Crippen LogP contribution in [0, 0.1) is 6.92 Å². The van der Waals surface area contributed by atoms with Crippen LogP contribution in [0.25, 0.3) is 0 Å². The molecule has 0 unspecified atom stereocenters. The third-order valence-electron chi connectivity index (χ3n) is 6.33. The van der Waals surface area contributed by atoms with Crippen molar-refractivity contribution in [3.63, 3.8) is 0 Å². The molecule has 1 amide bonds. The molecule has 1 aromatic heterocycles. The second-order valence-electron chi connectivity index (χ2n) is 8.63. The predicted molar refractivity (Wildman–Crippen MR) is 121 cm³/mol. The number of piperazine rings is 1. The molecule has 0 aliphatic carbocycles. The second-order valence-corrected chi connectivity index (χ2v) is 10.5. The van der Waals surface area contributed by atoms with Crippen molar-refractivity contribution in [3.8, 4) is 0 Å². The molecule has 0 atom stereocenters. The van der Waals surface area contributed by atoms with E-state index >= 15 is 0 Å². The largest absolute Gasteiger partial charge is 0.417 e. The predicted octanol–water partition coefficient (Wildman–Crippen LogP) is 3.55. The molecule has 2 aromatic rings. The molecule has 34 heavy (non-hydrogen) atoms. The van der Waals surface area contributed by atoms with Gasteiger partial charge < -0.3 is 9.80 Å². The SMILES string of the molecule is Cc1ccc(C(=O)N2CCN(c3ccc(C(F)(F)F)cn3)CC2)cc1S(=O)(=O)N1CCCCC1. The van der Waals surface area contributed by atoms with E-state index in [1.165, 1.54) is 16.4 Å². The minimum Gasteiger partial charge on any atom is -0.353 e. The first-order chi connectivity index (χ1) is 16.1. The highest BCUT2D eigenvalue weighted by atomic mass is 32.2. The Kier molecular flexibility index (Phi) is 6.86. The van der Waals surface area contributed by atoms with Gasteiger partial charge in [-0.3, -0.25) is 4.79 Å². The molecule has 2 saturated heterocycles. The fourth-order valence-electron chi connectivity index (χ4n) is 4.32. The van der Waals surface area contributed by atoms with Gasteiger partial charge in [-0.25, -0.2) is 13.4 Å². The number of hydrogen-bond acceptors (Lipinski definition) is 5. The van der Waals surface area contributed by atoms with E-state index in [2.05, 4.69) is 4.98 Å². The number of amides is 1. The normalized spacial score (nSPS) is 18.2. The Morgan fingerprint density at radius 3 is 2.21 bits per heavy atom. The summed E-state index contributed by atoms with van der Waals surface area (Å²) < 4.78 is 66.1. The summed E-state index contributed by atoms with van der Waals surface area (Å²) in [6.45, 7) is 4.22. The molecular formula is C23H27F3N4O3S. The summed E-state index contributed by atoms with van der Waals surface area (Å²) in [6, 6.07) is 7.09. The number of pyridine rings is 1. The molecule has 2 fully saturated rings. The van der Waals surface area contributed by atoms with E-state index in [1.807, 2.05) is 4.90 Å². The van der Waals surface area contributed by atoms with Crippen LogP contribution >= 0.6 is 0 Å². The van der Waals surface area contributed by atoms with Gasteiger partial charge >= 0.3 is 6.18 Å². The highest BCUT2D eigenvalue weighted by Gasteiger charge is 2.32. The summed E-state index contributed by atoms with van der Waals surface area (Å²) in [5, 5.41) is 0. The monoisotopic (exact) mass is 496 g/mol. The van der Waals surface area contributed by atoms with Gasteiger partial charge in [-0.1, -0.05) is 12.5 Å². The summed E-state index contributed by atoms with van der Waals surface area (Å²) in [7, 11) is -3.67. The lowest BCUT2D eigenvalue weighted by Crippen LogP contribution is -2.49. The Labute approximate surface area is 197 Å². The van der Waals surface area contributed by atoms with Crippen LogP contribution in [0.4, 0.5) is 19.0 Å². The van der Waals surface area contributed by atoms with E-state index in [0.29, 0.717) is 56.2 Å². The number of carbonyl (C=O) groups excluding carboxylic acids is 1. The second kappa shape index (κ2) is 9.53. The summed E-state index contributed by atoms with van der Waals surface area (Å²) in [4.78, 5) is 20.7. The lowest BCUT2D eigenvalue weighted by molar-refractivity contribution is -0.137. The Balaban J connectivity index is 1.45. The number of sulfonamides is 1. The minimum absolute atomic E-state index is 0.160. The molecule has 2 aliphatic rings. The zero-order chi connectivity index (χ0) is 24.5. The molecule has 4 rings (SSSR count). The van der Waals surface area contributed by atoms with Crippen molar-refractivity contribution in [1.29, 1.82) is 0 Å². The highest BCUT2D eigenvalue weighted by molar-refractivity contribution is 7.89. The smallest absolute Gasteiger partial charge is 0.353 e. The topological polar surface area (TPSA) is 73.8 Å². The fourth-order valence-corrected chi connectivity index (χ4v) is 6.09. The van der Waals surface area contributed by atoms with Crippen LogP contribution in [0.15, 0.2) is 41.4 Å². The van der Waals surface area contributed by atoms with Crippen molar-refractivity contribution in [1.82, 2.24) is 14.2 Å². The highest BCUT2D eigenvalue weighted by Crippen LogP contribution is 2.30. The lowest BCUT2D eigenvalue weighted by Gasteiger charge is -2.35. The molecule has 0 bridgehead atoms. The molecular weight excluding hydrogens is 469 g/mol. The molecule has 0 radical (unpaired) electrons. The number of alkyl halides is 3. The van der Waals surface area contributed by atoms with E-state index in [0.717, 1.165) is 31.5 Å². The van der Waals surface area contributed by atoms with E-state index in [9.17, 15) is 26.4 Å². The summed E-state index contributed by atoms with van der Waals surface area (Å²) in [6.07, 6.45) is -0.962. The summed E-state index contributed by atoms with van der Waals surface area (Å²) in [5.74, 6) is 0.153. The van der Waals surface area contributed by atoms with Gasteiger partial charge in [-0.15, -0.1) is 0 Å². The molecule has 11 heteroatoms. The third kappa shape index (κ3) is 5.05. The number of carbonyl (C=O) groups is 1. The van der Waals surface area contributed by atoms with Crippen LogP contribution in [0.1, 0.15) is 40.7 Å². The first kappa shape index (κ1) is 24.5. The van der Waals surface area contributed by atoms with Gasteiger partial charge in [0.2, 0.25) is 10.0 Å². The number of halogens is 3. The number of rotatable bonds is 4. The van der Waals surface area contributed by atoms with Crippen LogP contribution in [0.2, 0.25) is 0 Å². The first-order valence-corrected chi connectivity index (χ1v) is 12.7. The number of benzene rings is 1. The molecule has 7 nitrogen and oxygen atoms in total.